The number of nitrogens with zero attached hydrogens (tertiary/aromatic N) is 3. The molecule has 0 bridgehead atoms. The Kier molecular flexibility index (Phi) is 4.29. The number of hydrogen-bond acceptors (Lipinski definition) is 4. The average Bonchev–Trinajstić information content (AvgIpc) is 2.93. The predicted molar refractivity (Wildman–Crippen MR) is 87.2 cm³/mol. The summed E-state index contributed by atoms with van der Waals surface area (Å²) >= 11 is 0. The normalized spacial score (nSPS) is 21.3. The molecule has 1 fully saturated rings. The molecule has 23 heavy (non-hydrogen) atoms. The molecular weight excluding hydrogens is 294 g/mol. The van der Waals surface area contributed by atoms with Gasteiger partial charge in [0.1, 0.15) is 5.82 Å². The Bertz CT molecular complexity index is 689. The van der Waals surface area contributed by atoms with E-state index in [1.165, 1.54) is 0 Å². The maximum absolute atomic E-state index is 12.4. The van der Waals surface area contributed by atoms with Gasteiger partial charge in [-0.2, -0.15) is 5.10 Å². The minimum atomic E-state index is -0.115. The first kappa shape index (κ1) is 15.5. The number of H-pyrrole nitrogens is 1. The number of ether oxygens (including phenoxy) is 1. The molecule has 2 aromatic rings. The molecule has 7 heteroatoms. The van der Waals surface area contributed by atoms with Crippen molar-refractivity contribution in [3.05, 3.63) is 30.1 Å². The maximum atomic E-state index is 12.4. The van der Waals surface area contributed by atoms with E-state index in [-0.39, 0.29) is 18.2 Å². The summed E-state index contributed by atoms with van der Waals surface area (Å²) in [6.07, 6.45) is 0.0964. The summed E-state index contributed by atoms with van der Waals surface area (Å²) in [5.41, 5.74) is 1.58. The fraction of sp³-hybridized carbons (Fsp3) is 0.438. The molecule has 2 N–H and O–H groups in total. The van der Waals surface area contributed by atoms with Gasteiger partial charge < -0.3 is 15.0 Å². The first-order valence-electron chi connectivity index (χ1n) is 7.72. The van der Waals surface area contributed by atoms with Gasteiger partial charge in [-0.15, -0.1) is 0 Å². The Balaban J connectivity index is 1.71. The van der Waals surface area contributed by atoms with E-state index in [1.54, 1.807) is 4.90 Å². The van der Waals surface area contributed by atoms with Gasteiger partial charge >= 0.3 is 6.03 Å². The standard InChI is InChI=1S/C16H21N5O2/c1-10-8-21(9-11(2)23-10)16(22)18-14-6-4-5-13(7-14)15-17-12(3)19-20-15/h4-7,10-11H,8-9H2,1-3H3,(H,18,22)(H,17,19,20)/t10-,11-/m1/s1. The number of amides is 2. The van der Waals surface area contributed by atoms with Gasteiger partial charge in [-0.1, -0.05) is 12.1 Å². The van der Waals surface area contributed by atoms with Gasteiger partial charge in [0.05, 0.1) is 12.2 Å². The van der Waals surface area contributed by atoms with Gasteiger partial charge in [0, 0.05) is 24.3 Å². The monoisotopic (exact) mass is 315 g/mol. The minimum Gasteiger partial charge on any atom is -0.372 e. The summed E-state index contributed by atoms with van der Waals surface area (Å²) in [6.45, 7) is 6.99. The number of hydrogen-bond donors (Lipinski definition) is 2. The molecule has 2 atom stereocenters. The number of carbonyl (C=O) groups is 1. The molecule has 3 rings (SSSR count). The van der Waals surface area contributed by atoms with Gasteiger partial charge in [0.2, 0.25) is 0 Å². The van der Waals surface area contributed by atoms with Gasteiger partial charge in [-0.3, -0.25) is 5.10 Å². The van der Waals surface area contributed by atoms with Crippen LogP contribution in [0.1, 0.15) is 19.7 Å². The van der Waals surface area contributed by atoms with Gasteiger partial charge in [0.15, 0.2) is 5.82 Å². The fourth-order valence-corrected chi connectivity index (χ4v) is 2.75. The van der Waals surface area contributed by atoms with Crippen molar-refractivity contribution in [2.24, 2.45) is 0 Å². The number of morpholine rings is 1. The Hall–Kier alpha value is -2.41. The summed E-state index contributed by atoms with van der Waals surface area (Å²) < 4.78 is 5.65. The van der Waals surface area contributed by atoms with E-state index in [9.17, 15) is 4.79 Å². The third kappa shape index (κ3) is 3.68. The molecule has 0 saturated carbocycles. The molecule has 0 radical (unpaired) electrons. The number of aromatic nitrogens is 3. The Morgan fingerprint density at radius 1 is 1.35 bits per heavy atom. The first-order chi connectivity index (χ1) is 11.0. The molecule has 122 valence electrons. The molecule has 2 amide bonds. The van der Waals surface area contributed by atoms with Crippen molar-refractivity contribution in [3.63, 3.8) is 0 Å². The zero-order valence-corrected chi connectivity index (χ0v) is 13.5. The third-order valence-electron chi connectivity index (χ3n) is 3.68. The van der Waals surface area contributed by atoms with Crippen molar-refractivity contribution in [1.82, 2.24) is 20.1 Å². The van der Waals surface area contributed by atoms with Crippen LogP contribution >= 0.6 is 0 Å². The van der Waals surface area contributed by atoms with Gasteiger partial charge in [0.25, 0.3) is 0 Å². The van der Waals surface area contributed by atoms with E-state index >= 15 is 0 Å². The topological polar surface area (TPSA) is 83.1 Å². The van der Waals surface area contributed by atoms with Crippen molar-refractivity contribution in [3.8, 4) is 11.4 Å². The van der Waals surface area contributed by atoms with Crippen molar-refractivity contribution in [2.45, 2.75) is 33.0 Å². The largest absolute Gasteiger partial charge is 0.372 e. The number of carbonyl (C=O) groups excluding carboxylic acids is 1. The smallest absolute Gasteiger partial charge is 0.322 e. The number of anilines is 1. The highest BCUT2D eigenvalue weighted by Gasteiger charge is 2.25. The van der Waals surface area contributed by atoms with Crippen LogP contribution in [0.4, 0.5) is 10.5 Å². The van der Waals surface area contributed by atoms with Crippen LogP contribution < -0.4 is 5.32 Å². The number of aryl methyl sites for hydroxylation is 1. The molecule has 2 heterocycles. The molecule has 0 aliphatic carbocycles. The molecule has 1 saturated heterocycles. The zero-order valence-electron chi connectivity index (χ0n) is 13.5. The minimum absolute atomic E-state index is 0.0482. The van der Waals surface area contributed by atoms with E-state index in [2.05, 4.69) is 20.5 Å². The lowest BCUT2D eigenvalue weighted by molar-refractivity contribution is -0.0530. The van der Waals surface area contributed by atoms with Crippen LogP contribution in [0, 0.1) is 6.92 Å². The lowest BCUT2D eigenvalue weighted by Gasteiger charge is -2.35. The second-order valence-corrected chi connectivity index (χ2v) is 5.92. The van der Waals surface area contributed by atoms with Crippen LogP contribution in [0.15, 0.2) is 24.3 Å². The summed E-state index contributed by atoms with van der Waals surface area (Å²) in [6, 6.07) is 7.40. The average molecular weight is 315 g/mol. The van der Waals surface area contributed by atoms with Crippen molar-refractivity contribution in [2.75, 3.05) is 18.4 Å². The molecule has 1 aromatic heterocycles. The maximum Gasteiger partial charge on any atom is 0.322 e. The fourth-order valence-electron chi connectivity index (χ4n) is 2.75. The van der Waals surface area contributed by atoms with Crippen molar-refractivity contribution in [1.29, 1.82) is 0 Å². The molecule has 0 unspecified atom stereocenters. The van der Waals surface area contributed by atoms with Crippen LogP contribution in [0.25, 0.3) is 11.4 Å². The second kappa shape index (κ2) is 6.37. The van der Waals surface area contributed by atoms with Crippen LogP contribution in [-0.4, -0.2) is 51.4 Å². The van der Waals surface area contributed by atoms with Gasteiger partial charge in [-0.05, 0) is 32.9 Å². The summed E-state index contributed by atoms with van der Waals surface area (Å²) in [5, 5.41) is 9.89. The molecular formula is C16H21N5O2. The quantitative estimate of drug-likeness (QED) is 0.891. The van der Waals surface area contributed by atoms with E-state index in [0.717, 1.165) is 17.1 Å². The van der Waals surface area contributed by atoms with Crippen molar-refractivity contribution < 1.29 is 9.53 Å². The van der Waals surface area contributed by atoms with E-state index in [0.29, 0.717) is 18.9 Å². The zero-order chi connectivity index (χ0) is 16.4. The SMILES string of the molecule is Cc1nc(-c2cccc(NC(=O)N3C[C@@H](C)O[C@H](C)C3)c2)n[nH]1. The number of urea groups is 1. The highest BCUT2D eigenvalue weighted by Crippen LogP contribution is 2.20. The molecule has 1 aromatic carbocycles. The summed E-state index contributed by atoms with van der Waals surface area (Å²) in [7, 11) is 0. The molecule has 1 aliphatic heterocycles. The van der Waals surface area contributed by atoms with E-state index in [1.807, 2.05) is 45.0 Å². The van der Waals surface area contributed by atoms with Crippen molar-refractivity contribution >= 4 is 11.7 Å². The second-order valence-electron chi connectivity index (χ2n) is 5.92. The van der Waals surface area contributed by atoms with Crippen LogP contribution in [0.2, 0.25) is 0 Å². The first-order valence-corrected chi connectivity index (χ1v) is 7.72. The van der Waals surface area contributed by atoms with Gasteiger partial charge in [-0.25, -0.2) is 9.78 Å². The lowest BCUT2D eigenvalue weighted by Crippen LogP contribution is -2.49. The van der Waals surface area contributed by atoms with Crippen LogP contribution in [0.3, 0.4) is 0 Å². The predicted octanol–water partition coefficient (Wildman–Crippen LogP) is 2.42. The molecule has 1 aliphatic rings. The number of nitrogens with one attached hydrogen (secondary N) is 2. The Morgan fingerprint density at radius 3 is 2.74 bits per heavy atom. The summed E-state index contributed by atoms with van der Waals surface area (Å²) in [4.78, 5) is 18.5. The summed E-state index contributed by atoms with van der Waals surface area (Å²) in [5.74, 6) is 1.37. The number of benzene rings is 1. The van der Waals surface area contributed by atoms with Crippen LogP contribution in [0.5, 0.6) is 0 Å². The van der Waals surface area contributed by atoms with E-state index in [4.69, 9.17) is 4.74 Å². The van der Waals surface area contributed by atoms with E-state index < -0.39 is 0 Å². The molecule has 7 nitrogen and oxygen atoms in total. The lowest BCUT2D eigenvalue weighted by atomic mass is 10.2. The highest BCUT2D eigenvalue weighted by atomic mass is 16.5. The van der Waals surface area contributed by atoms with Crippen LogP contribution in [-0.2, 0) is 4.74 Å². The Labute approximate surface area is 135 Å². The number of aromatic amines is 1. The molecule has 0 spiro atoms. The third-order valence-corrected chi connectivity index (χ3v) is 3.68. The Morgan fingerprint density at radius 2 is 2.09 bits per heavy atom. The highest BCUT2D eigenvalue weighted by molar-refractivity contribution is 5.90. The number of rotatable bonds is 2.